The van der Waals surface area contributed by atoms with Crippen LogP contribution in [-0.2, 0) is 14.3 Å². The normalized spacial score (nSPS) is 10.6. The van der Waals surface area contributed by atoms with Crippen LogP contribution in [0, 0.1) is 0 Å². The van der Waals surface area contributed by atoms with Crippen LogP contribution in [0.2, 0.25) is 0 Å². The third kappa shape index (κ3) is 3.82. The zero-order valence-corrected chi connectivity index (χ0v) is 11.2. The van der Waals surface area contributed by atoms with Gasteiger partial charge in [-0.2, -0.15) is 0 Å². The molecule has 0 saturated heterocycles. The lowest BCUT2D eigenvalue weighted by atomic mass is 10.3. The largest absolute Gasteiger partial charge is 0.466 e. The van der Waals surface area contributed by atoms with Crippen LogP contribution in [0.5, 0.6) is 0 Å². The first-order chi connectivity index (χ1) is 9.19. The third-order valence-electron chi connectivity index (χ3n) is 2.31. The van der Waals surface area contributed by atoms with Gasteiger partial charge >= 0.3 is 5.97 Å². The highest BCUT2D eigenvalue weighted by Gasteiger charge is 2.13. The topological polar surface area (TPSA) is 69.4 Å². The molecular formula is C13H13NO4S. The second-order valence-corrected chi connectivity index (χ2v) is 4.74. The maximum absolute atomic E-state index is 11.7. The summed E-state index contributed by atoms with van der Waals surface area (Å²) in [6, 6.07) is 7.29. The molecule has 2 aromatic rings. The highest BCUT2D eigenvalue weighted by Crippen LogP contribution is 2.24. The van der Waals surface area contributed by atoms with Crippen molar-refractivity contribution in [3.63, 3.8) is 0 Å². The molecule has 0 aliphatic carbocycles. The van der Waals surface area contributed by atoms with Gasteiger partial charge in [-0.1, -0.05) is 12.1 Å². The monoisotopic (exact) mass is 279 g/mol. The van der Waals surface area contributed by atoms with Gasteiger partial charge < -0.3 is 9.15 Å². The number of esters is 1. The molecule has 0 bridgehead atoms. The first kappa shape index (κ1) is 13.6. The number of hydrogen-bond acceptors (Lipinski definition) is 6. The Morgan fingerprint density at radius 1 is 1.32 bits per heavy atom. The number of fused-ring (bicyclic) bond motifs is 1. The molecular weight excluding hydrogens is 266 g/mol. The Bertz CT molecular complexity index is 560. The van der Waals surface area contributed by atoms with E-state index in [2.05, 4.69) is 4.98 Å². The summed E-state index contributed by atoms with van der Waals surface area (Å²) in [5.74, 6) is -0.367. The Morgan fingerprint density at radius 2 is 2.11 bits per heavy atom. The van der Waals surface area contributed by atoms with E-state index >= 15 is 0 Å². The molecule has 100 valence electrons. The first-order valence-electron chi connectivity index (χ1n) is 5.91. The van der Waals surface area contributed by atoms with Crippen molar-refractivity contribution in [1.29, 1.82) is 0 Å². The van der Waals surface area contributed by atoms with Gasteiger partial charge in [-0.15, -0.1) is 0 Å². The van der Waals surface area contributed by atoms with Crippen molar-refractivity contribution in [3.8, 4) is 0 Å². The number of rotatable bonds is 5. The lowest BCUT2D eigenvalue weighted by molar-refractivity contribution is -0.143. The summed E-state index contributed by atoms with van der Waals surface area (Å²) < 4.78 is 10.2. The molecule has 0 aliphatic rings. The van der Waals surface area contributed by atoms with E-state index in [0.29, 0.717) is 22.9 Å². The highest BCUT2D eigenvalue weighted by atomic mass is 32.2. The van der Waals surface area contributed by atoms with E-state index in [1.165, 1.54) is 0 Å². The van der Waals surface area contributed by atoms with E-state index in [-0.39, 0.29) is 23.9 Å². The molecule has 0 N–H and O–H groups in total. The zero-order valence-electron chi connectivity index (χ0n) is 10.4. The van der Waals surface area contributed by atoms with E-state index < -0.39 is 0 Å². The molecule has 1 aromatic carbocycles. The molecule has 2 rings (SSSR count). The van der Waals surface area contributed by atoms with Crippen molar-refractivity contribution < 1.29 is 18.7 Å². The number of para-hydroxylation sites is 2. The minimum Gasteiger partial charge on any atom is -0.466 e. The summed E-state index contributed by atoms with van der Waals surface area (Å²) in [5, 5.41) is 0.134. The average molecular weight is 279 g/mol. The van der Waals surface area contributed by atoms with Gasteiger partial charge in [-0.3, -0.25) is 9.59 Å². The Kier molecular flexibility index (Phi) is 4.57. The van der Waals surface area contributed by atoms with Gasteiger partial charge in [0.2, 0.25) is 0 Å². The minimum atomic E-state index is -0.367. The fourth-order valence-electron chi connectivity index (χ4n) is 1.48. The summed E-state index contributed by atoms with van der Waals surface area (Å²) in [4.78, 5) is 26.9. The van der Waals surface area contributed by atoms with Crippen molar-refractivity contribution in [3.05, 3.63) is 24.3 Å². The Labute approximate surface area is 114 Å². The molecule has 5 nitrogen and oxygen atoms in total. The second-order valence-electron chi connectivity index (χ2n) is 3.73. The van der Waals surface area contributed by atoms with Crippen LogP contribution in [0.3, 0.4) is 0 Å². The van der Waals surface area contributed by atoms with Gasteiger partial charge in [0.15, 0.2) is 10.7 Å². The number of aromatic nitrogens is 1. The van der Waals surface area contributed by atoms with Crippen LogP contribution in [-0.4, -0.2) is 22.7 Å². The van der Waals surface area contributed by atoms with Crippen molar-refractivity contribution in [2.45, 2.75) is 25.0 Å². The number of benzene rings is 1. The van der Waals surface area contributed by atoms with Crippen molar-refractivity contribution in [1.82, 2.24) is 4.98 Å². The van der Waals surface area contributed by atoms with E-state index in [4.69, 9.17) is 9.15 Å². The molecule has 0 saturated carbocycles. The maximum atomic E-state index is 11.7. The number of ether oxygens (including phenoxy) is 1. The molecule has 1 heterocycles. The van der Waals surface area contributed by atoms with Gasteiger partial charge in [0.1, 0.15) is 5.52 Å². The lowest BCUT2D eigenvalue weighted by Gasteiger charge is -1.99. The summed E-state index contributed by atoms with van der Waals surface area (Å²) in [5.41, 5.74) is 1.35. The maximum Gasteiger partial charge on any atom is 0.306 e. The first-order valence-corrected chi connectivity index (χ1v) is 6.72. The molecule has 0 unspecified atom stereocenters. The second kappa shape index (κ2) is 6.38. The Morgan fingerprint density at radius 3 is 2.84 bits per heavy atom. The van der Waals surface area contributed by atoms with Crippen LogP contribution < -0.4 is 0 Å². The zero-order chi connectivity index (χ0) is 13.7. The molecule has 0 aliphatic heterocycles. The third-order valence-corrected chi connectivity index (χ3v) is 3.10. The fourth-order valence-corrected chi connectivity index (χ4v) is 2.15. The van der Waals surface area contributed by atoms with Crippen LogP contribution in [0.1, 0.15) is 19.8 Å². The van der Waals surface area contributed by atoms with Gasteiger partial charge in [0.05, 0.1) is 13.0 Å². The number of nitrogens with zero attached hydrogens (tertiary/aromatic N) is 1. The summed E-state index contributed by atoms with van der Waals surface area (Å²) in [6.07, 6.45) is 0.197. The molecule has 1 aromatic heterocycles. The predicted octanol–water partition coefficient (Wildman–Crippen LogP) is 2.79. The van der Waals surface area contributed by atoms with E-state index in [1.807, 2.05) is 18.2 Å². The van der Waals surface area contributed by atoms with Crippen LogP contribution >= 0.6 is 11.8 Å². The number of carbonyl (C=O) groups is 2. The number of thioether (sulfide) groups is 1. The van der Waals surface area contributed by atoms with Crippen molar-refractivity contribution >= 4 is 33.9 Å². The Hall–Kier alpha value is -1.82. The number of hydrogen-bond donors (Lipinski definition) is 0. The quantitative estimate of drug-likeness (QED) is 0.619. The van der Waals surface area contributed by atoms with Gasteiger partial charge in [-0.25, -0.2) is 4.98 Å². The predicted molar refractivity (Wildman–Crippen MR) is 70.7 cm³/mol. The van der Waals surface area contributed by atoms with Crippen LogP contribution in [0.25, 0.3) is 11.1 Å². The standard InChI is InChI=1S/C13H13NO4S/c1-2-17-11(15)7-8-12(16)19-13-14-9-5-3-4-6-10(9)18-13/h3-6H,2,7-8H2,1H3. The highest BCUT2D eigenvalue weighted by molar-refractivity contribution is 8.13. The molecule has 6 heteroatoms. The fraction of sp³-hybridized carbons (Fsp3) is 0.308. The molecule has 0 amide bonds. The Balaban J connectivity index is 1.90. The molecule has 19 heavy (non-hydrogen) atoms. The van der Waals surface area contributed by atoms with Crippen molar-refractivity contribution in [2.24, 2.45) is 0 Å². The van der Waals surface area contributed by atoms with Gasteiger partial charge in [0.25, 0.3) is 5.22 Å². The van der Waals surface area contributed by atoms with Crippen LogP contribution in [0.15, 0.2) is 33.9 Å². The summed E-state index contributed by atoms with van der Waals surface area (Å²) in [7, 11) is 0. The SMILES string of the molecule is CCOC(=O)CCC(=O)Sc1nc2ccccc2o1. The van der Waals surface area contributed by atoms with Crippen LogP contribution in [0.4, 0.5) is 0 Å². The molecule has 0 atom stereocenters. The van der Waals surface area contributed by atoms with E-state index in [0.717, 1.165) is 11.8 Å². The number of carbonyl (C=O) groups excluding carboxylic acids is 2. The van der Waals surface area contributed by atoms with E-state index in [9.17, 15) is 9.59 Å². The van der Waals surface area contributed by atoms with Crippen molar-refractivity contribution in [2.75, 3.05) is 6.61 Å². The van der Waals surface area contributed by atoms with Gasteiger partial charge in [-0.05, 0) is 19.1 Å². The smallest absolute Gasteiger partial charge is 0.306 e. The molecule has 0 radical (unpaired) electrons. The number of oxazole rings is 1. The average Bonchev–Trinajstić information content (AvgIpc) is 2.78. The summed E-state index contributed by atoms with van der Waals surface area (Å²) >= 11 is 0.905. The minimum absolute atomic E-state index is 0.0832. The summed E-state index contributed by atoms with van der Waals surface area (Å²) in [6.45, 7) is 2.05. The van der Waals surface area contributed by atoms with E-state index in [1.54, 1.807) is 13.0 Å². The lowest BCUT2D eigenvalue weighted by Crippen LogP contribution is -2.05. The molecule has 0 fully saturated rings. The van der Waals surface area contributed by atoms with Gasteiger partial charge in [0, 0.05) is 18.2 Å². The molecule has 0 spiro atoms.